The molecule has 1 heterocycles. The Morgan fingerprint density at radius 2 is 1.72 bits per heavy atom. The number of carbonyl (C=O) groups is 1. The first-order valence-corrected chi connectivity index (χ1v) is 6.35. The molecule has 18 heavy (non-hydrogen) atoms. The number of rotatable bonds is 5. The summed E-state index contributed by atoms with van der Waals surface area (Å²) in [4.78, 5) is 25.0. The smallest absolute Gasteiger partial charge is 0.244 e. The Bertz CT molecular complexity index is 404. The Morgan fingerprint density at radius 3 is 2.17 bits per heavy atom. The number of halogens is 2. The van der Waals surface area contributed by atoms with E-state index in [1.54, 1.807) is 11.8 Å². The summed E-state index contributed by atoms with van der Waals surface area (Å²) in [6.07, 6.45) is 0. The van der Waals surface area contributed by atoms with E-state index >= 15 is 0 Å². The lowest BCUT2D eigenvalue weighted by Crippen LogP contribution is -2.41. The van der Waals surface area contributed by atoms with Crippen molar-refractivity contribution in [3.8, 4) is 0 Å². The number of likely N-dealkylation sites (N-methyl/N-ethyl adjacent to an activating group) is 1. The molecule has 100 valence electrons. The molecule has 1 aromatic rings. The fourth-order valence-electron chi connectivity index (χ4n) is 1.45. The maximum atomic E-state index is 12.0. The third kappa shape index (κ3) is 3.96. The summed E-state index contributed by atoms with van der Waals surface area (Å²) in [5, 5.41) is 2.82. The molecule has 1 atom stereocenters. The molecule has 0 aliphatic heterocycles. The summed E-state index contributed by atoms with van der Waals surface area (Å²) in [7, 11) is 0. The van der Waals surface area contributed by atoms with Crippen LogP contribution in [0.25, 0.3) is 0 Å². The van der Waals surface area contributed by atoms with Gasteiger partial charge in [0.25, 0.3) is 0 Å². The van der Waals surface area contributed by atoms with Crippen molar-refractivity contribution in [2.45, 2.75) is 26.8 Å². The van der Waals surface area contributed by atoms with Crippen LogP contribution in [-0.4, -0.2) is 44.9 Å². The Balaban J connectivity index is 2.74. The van der Waals surface area contributed by atoms with E-state index in [2.05, 4.69) is 20.3 Å². The Labute approximate surface area is 116 Å². The van der Waals surface area contributed by atoms with Crippen molar-refractivity contribution < 1.29 is 4.79 Å². The summed E-state index contributed by atoms with van der Waals surface area (Å²) in [5.41, 5.74) is 0. The molecule has 0 aliphatic carbocycles. The molecule has 6 nitrogen and oxygen atoms in total. The topological polar surface area (TPSA) is 71.0 Å². The fraction of sp³-hybridized carbons (Fsp3) is 0.600. The summed E-state index contributed by atoms with van der Waals surface area (Å²) < 4.78 is 0. The van der Waals surface area contributed by atoms with Gasteiger partial charge >= 0.3 is 0 Å². The van der Waals surface area contributed by atoms with Crippen LogP contribution in [0.4, 0.5) is 5.95 Å². The average molecular weight is 292 g/mol. The van der Waals surface area contributed by atoms with Gasteiger partial charge in [-0.3, -0.25) is 4.79 Å². The zero-order valence-electron chi connectivity index (χ0n) is 10.4. The summed E-state index contributed by atoms with van der Waals surface area (Å²) >= 11 is 11.3. The maximum Gasteiger partial charge on any atom is 0.244 e. The molecular weight excluding hydrogens is 277 g/mol. The lowest BCUT2D eigenvalue weighted by Gasteiger charge is -2.23. The van der Waals surface area contributed by atoms with E-state index in [1.807, 2.05) is 13.8 Å². The minimum absolute atomic E-state index is 0.0139. The fourth-order valence-corrected chi connectivity index (χ4v) is 1.82. The van der Waals surface area contributed by atoms with E-state index in [0.29, 0.717) is 13.1 Å². The van der Waals surface area contributed by atoms with E-state index in [9.17, 15) is 4.79 Å². The van der Waals surface area contributed by atoms with Crippen LogP contribution in [0, 0.1) is 0 Å². The van der Waals surface area contributed by atoms with Crippen molar-refractivity contribution in [1.29, 1.82) is 0 Å². The molecule has 0 bridgehead atoms. The van der Waals surface area contributed by atoms with Crippen molar-refractivity contribution in [2.24, 2.45) is 0 Å². The minimum atomic E-state index is -0.459. The standard InChI is InChI=1S/C10H15Cl2N5O/c1-4-17(5-2)7(18)6(3)13-10-15-8(11)14-9(12)16-10/h6H,4-5H2,1-3H3,(H,13,14,15,16). The largest absolute Gasteiger partial charge is 0.343 e. The SMILES string of the molecule is CCN(CC)C(=O)C(C)Nc1nc(Cl)nc(Cl)n1. The van der Waals surface area contributed by atoms with Gasteiger partial charge in [0.1, 0.15) is 6.04 Å². The van der Waals surface area contributed by atoms with Crippen LogP contribution in [-0.2, 0) is 4.79 Å². The average Bonchev–Trinajstić information content (AvgIpc) is 2.28. The van der Waals surface area contributed by atoms with Gasteiger partial charge in [0.2, 0.25) is 22.4 Å². The second-order valence-electron chi connectivity index (χ2n) is 3.57. The van der Waals surface area contributed by atoms with Crippen LogP contribution < -0.4 is 5.32 Å². The quantitative estimate of drug-likeness (QED) is 0.896. The number of hydrogen-bond acceptors (Lipinski definition) is 5. The van der Waals surface area contributed by atoms with Gasteiger partial charge in [-0.25, -0.2) is 0 Å². The molecule has 8 heteroatoms. The van der Waals surface area contributed by atoms with E-state index < -0.39 is 6.04 Å². The summed E-state index contributed by atoms with van der Waals surface area (Å²) in [6.45, 7) is 6.88. The molecule has 1 rings (SSSR count). The number of nitrogens with zero attached hydrogens (tertiary/aromatic N) is 4. The first-order chi connectivity index (χ1) is 8.47. The molecule has 1 N–H and O–H groups in total. The number of hydrogen-bond donors (Lipinski definition) is 1. The van der Waals surface area contributed by atoms with Gasteiger partial charge in [0.05, 0.1) is 0 Å². The third-order valence-electron chi connectivity index (χ3n) is 2.37. The molecule has 0 aromatic carbocycles. The molecule has 1 amide bonds. The monoisotopic (exact) mass is 291 g/mol. The lowest BCUT2D eigenvalue weighted by atomic mass is 10.3. The van der Waals surface area contributed by atoms with Crippen LogP contribution in [0.1, 0.15) is 20.8 Å². The van der Waals surface area contributed by atoms with Crippen LogP contribution in [0.2, 0.25) is 10.6 Å². The van der Waals surface area contributed by atoms with Gasteiger partial charge in [0, 0.05) is 13.1 Å². The van der Waals surface area contributed by atoms with Crippen molar-refractivity contribution in [3.63, 3.8) is 0 Å². The first kappa shape index (κ1) is 14.9. The Kier molecular flexibility index (Phi) is 5.55. The number of anilines is 1. The van der Waals surface area contributed by atoms with E-state index in [0.717, 1.165) is 0 Å². The zero-order chi connectivity index (χ0) is 13.7. The number of carbonyl (C=O) groups excluding carboxylic acids is 1. The molecule has 0 aliphatic rings. The van der Waals surface area contributed by atoms with Gasteiger partial charge in [-0.2, -0.15) is 15.0 Å². The summed E-state index contributed by atoms with van der Waals surface area (Å²) in [6, 6.07) is -0.459. The normalized spacial score (nSPS) is 12.1. The number of amides is 1. The van der Waals surface area contributed by atoms with Crippen molar-refractivity contribution in [1.82, 2.24) is 19.9 Å². The van der Waals surface area contributed by atoms with Crippen molar-refractivity contribution in [3.05, 3.63) is 10.6 Å². The highest BCUT2D eigenvalue weighted by molar-refractivity contribution is 6.31. The van der Waals surface area contributed by atoms with E-state index in [-0.39, 0.29) is 22.4 Å². The molecule has 0 saturated carbocycles. The third-order valence-corrected chi connectivity index (χ3v) is 2.71. The first-order valence-electron chi connectivity index (χ1n) is 5.60. The highest BCUT2D eigenvalue weighted by Crippen LogP contribution is 2.11. The molecule has 1 aromatic heterocycles. The van der Waals surface area contributed by atoms with Crippen LogP contribution in [0.15, 0.2) is 0 Å². The molecule has 0 spiro atoms. The van der Waals surface area contributed by atoms with Crippen LogP contribution >= 0.6 is 23.2 Å². The number of aromatic nitrogens is 3. The van der Waals surface area contributed by atoms with Crippen molar-refractivity contribution in [2.75, 3.05) is 18.4 Å². The van der Waals surface area contributed by atoms with Crippen LogP contribution in [0.5, 0.6) is 0 Å². The highest BCUT2D eigenvalue weighted by Gasteiger charge is 2.19. The Morgan fingerprint density at radius 1 is 1.22 bits per heavy atom. The van der Waals surface area contributed by atoms with Crippen LogP contribution in [0.3, 0.4) is 0 Å². The molecule has 0 saturated heterocycles. The molecule has 1 unspecified atom stereocenters. The van der Waals surface area contributed by atoms with Gasteiger partial charge in [-0.1, -0.05) is 0 Å². The van der Waals surface area contributed by atoms with E-state index in [4.69, 9.17) is 23.2 Å². The van der Waals surface area contributed by atoms with Gasteiger partial charge in [0.15, 0.2) is 0 Å². The van der Waals surface area contributed by atoms with Crippen molar-refractivity contribution >= 4 is 35.1 Å². The minimum Gasteiger partial charge on any atom is -0.343 e. The molecular formula is C10H15Cl2N5O. The predicted molar refractivity (Wildman–Crippen MR) is 70.9 cm³/mol. The highest BCUT2D eigenvalue weighted by atomic mass is 35.5. The maximum absolute atomic E-state index is 12.0. The van der Waals surface area contributed by atoms with Gasteiger partial charge < -0.3 is 10.2 Å². The summed E-state index contributed by atoms with van der Waals surface area (Å²) in [5.74, 6) is 0.153. The van der Waals surface area contributed by atoms with Gasteiger partial charge in [-0.05, 0) is 44.0 Å². The van der Waals surface area contributed by atoms with E-state index in [1.165, 1.54) is 0 Å². The zero-order valence-corrected chi connectivity index (χ0v) is 12.0. The van der Waals surface area contributed by atoms with Gasteiger partial charge in [-0.15, -0.1) is 0 Å². The lowest BCUT2D eigenvalue weighted by molar-refractivity contribution is -0.131. The second-order valence-corrected chi connectivity index (χ2v) is 4.25. The second kappa shape index (κ2) is 6.70. The Hall–Kier alpha value is -1.14. The number of nitrogens with one attached hydrogen (secondary N) is 1. The molecule has 0 radical (unpaired) electrons. The predicted octanol–water partition coefficient (Wildman–Crippen LogP) is 1.85. The molecule has 0 fully saturated rings.